The predicted molar refractivity (Wildman–Crippen MR) is 88.0 cm³/mol. The van der Waals surface area contributed by atoms with E-state index in [0.29, 0.717) is 16.6 Å². The zero-order valence-electron chi connectivity index (χ0n) is 13.8. The Labute approximate surface area is 132 Å². The number of carbonyl (C=O) groups excluding carboxylic acids is 1. The van der Waals surface area contributed by atoms with Crippen molar-refractivity contribution in [3.63, 3.8) is 0 Å². The van der Waals surface area contributed by atoms with Crippen LogP contribution >= 0.6 is 11.6 Å². The molecule has 0 aliphatic carbocycles. The fourth-order valence-corrected chi connectivity index (χ4v) is 2.23. The largest absolute Gasteiger partial charge is 0.348 e. The maximum Gasteiger partial charge on any atom is 0.251 e. The van der Waals surface area contributed by atoms with Crippen molar-refractivity contribution < 1.29 is 4.79 Å². The number of amides is 1. The lowest BCUT2D eigenvalue weighted by Gasteiger charge is -2.25. The Bertz CT molecular complexity index is 486. The molecule has 4 nitrogen and oxygen atoms in total. The van der Waals surface area contributed by atoms with Crippen molar-refractivity contribution in [2.45, 2.75) is 39.7 Å². The Balaban J connectivity index is 2.92. The zero-order valence-corrected chi connectivity index (χ0v) is 14.5. The highest BCUT2D eigenvalue weighted by molar-refractivity contribution is 6.29. The molecule has 0 fully saturated rings. The molecular weight excluding hydrogens is 286 g/mol. The minimum atomic E-state index is -0.0956. The molecular formula is C16H26ClN3O. The van der Waals surface area contributed by atoms with Crippen LogP contribution in [0.3, 0.4) is 0 Å². The van der Waals surface area contributed by atoms with Crippen LogP contribution in [0.15, 0.2) is 12.1 Å². The summed E-state index contributed by atoms with van der Waals surface area (Å²) in [4.78, 5) is 18.8. The normalized spacial score (nSPS) is 13.0. The first kappa shape index (κ1) is 17.9. The monoisotopic (exact) mass is 311 g/mol. The molecule has 0 bridgehead atoms. The van der Waals surface area contributed by atoms with Crippen molar-refractivity contribution in [1.82, 2.24) is 15.2 Å². The van der Waals surface area contributed by atoms with E-state index in [4.69, 9.17) is 11.6 Å². The molecule has 1 aromatic heterocycles. The number of nitrogens with zero attached hydrogens (tertiary/aromatic N) is 2. The van der Waals surface area contributed by atoms with E-state index < -0.39 is 0 Å². The third-order valence-corrected chi connectivity index (χ3v) is 3.54. The molecule has 1 unspecified atom stereocenters. The van der Waals surface area contributed by atoms with E-state index in [9.17, 15) is 4.79 Å². The SMILES string of the molecule is CC(C)c1cc(C(=O)NC(CN(C)C)C(C)C)cc(Cl)n1. The van der Waals surface area contributed by atoms with Gasteiger partial charge in [-0.05, 0) is 38.1 Å². The molecule has 0 aliphatic rings. The van der Waals surface area contributed by atoms with E-state index in [-0.39, 0.29) is 17.9 Å². The highest BCUT2D eigenvalue weighted by Crippen LogP contribution is 2.18. The number of rotatable bonds is 6. The Morgan fingerprint density at radius 3 is 2.38 bits per heavy atom. The van der Waals surface area contributed by atoms with Crippen molar-refractivity contribution in [1.29, 1.82) is 0 Å². The van der Waals surface area contributed by atoms with Crippen LogP contribution in [-0.4, -0.2) is 42.5 Å². The second-order valence-corrected chi connectivity index (χ2v) is 6.73. The van der Waals surface area contributed by atoms with Crippen LogP contribution in [0.4, 0.5) is 0 Å². The van der Waals surface area contributed by atoms with Crippen molar-refractivity contribution >= 4 is 17.5 Å². The van der Waals surface area contributed by atoms with Gasteiger partial charge >= 0.3 is 0 Å². The molecule has 0 saturated carbocycles. The summed E-state index contributed by atoms with van der Waals surface area (Å²) in [7, 11) is 4.00. The van der Waals surface area contributed by atoms with Crippen molar-refractivity contribution in [2.75, 3.05) is 20.6 Å². The molecule has 1 amide bonds. The summed E-state index contributed by atoms with van der Waals surface area (Å²) in [6.45, 7) is 9.08. The number of halogens is 1. The van der Waals surface area contributed by atoms with Gasteiger partial charge in [-0.15, -0.1) is 0 Å². The molecule has 1 rings (SSSR count). The highest BCUT2D eigenvalue weighted by Gasteiger charge is 2.19. The Morgan fingerprint density at radius 1 is 1.29 bits per heavy atom. The summed E-state index contributed by atoms with van der Waals surface area (Å²) in [5.41, 5.74) is 1.41. The molecule has 0 spiro atoms. The first-order valence-corrected chi connectivity index (χ1v) is 7.71. The fraction of sp³-hybridized carbons (Fsp3) is 0.625. The number of hydrogen-bond donors (Lipinski definition) is 1. The summed E-state index contributed by atoms with van der Waals surface area (Å²) in [5, 5.41) is 3.45. The van der Waals surface area contributed by atoms with E-state index in [2.05, 4.69) is 29.0 Å². The van der Waals surface area contributed by atoms with Gasteiger partial charge in [0.2, 0.25) is 0 Å². The van der Waals surface area contributed by atoms with Gasteiger partial charge in [-0.1, -0.05) is 39.3 Å². The molecule has 0 aliphatic heterocycles. The topological polar surface area (TPSA) is 45.2 Å². The molecule has 0 saturated heterocycles. The molecule has 0 aromatic carbocycles. The average molecular weight is 312 g/mol. The van der Waals surface area contributed by atoms with Crippen molar-refractivity contribution in [3.05, 3.63) is 28.5 Å². The number of nitrogens with one attached hydrogen (secondary N) is 1. The summed E-state index contributed by atoms with van der Waals surface area (Å²) in [6, 6.07) is 3.54. The third-order valence-electron chi connectivity index (χ3n) is 3.35. The lowest BCUT2D eigenvalue weighted by molar-refractivity contribution is 0.0916. The predicted octanol–water partition coefficient (Wildman–Crippen LogP) is 3.17. The van der Waals surface area contributed by atoms with Gasteiger partial charge in [0, 0.05) is 23.8 Å². The number of carbonyl (C=O) groups is 1. The molecule has 0 radical (unpaired) electrons. The van der Waals surface area contributed by atoms with Gasteiger partial charge in [-0.3, -0.25) is 4.79 Å². The standard InChI is InChI=1S/C16H26ClN3O/c1-10(2)13-7-12(8-15(17)18-13)16(21)19-14(11(3)4)9-20(5)6/h7-8,10-11,14H,9H2,1-6H3,(H,19,21). The van der Waals surface area contributed by atoms with Crippen LogP contribution in [-0.2, 0) is 0 Å². The van der Waals surface area contributed by atoms with Crippen molar-refractivity contribution in [3.8, 4) is 0 Å². The molecule has 21 heavy (non-hydrogen) atoms. The molecule has 1 N–H and O–H groups in total. The van der Waals surface area contributed by atoms with E-state index in [1.165, 1.54) is 0 Å². The summed E-state index contributed by atoms with van der Waals surface area (Å²) >= 11 is 6.02. The fourth-order valence-electron chi connectivity index (χ4n) is 2.01. The van der Waals surface area contributed by atoms with Gasteiger partial charge in [0.15, 0.2) is 0 Å². The first-order valence-electron chi connectivity index (χ1n) is 7.33. The summed E-state index contributed by atoms with van der Waals surface area (Å²) in [6.07, 6.45) is 0. The smallest absolute Gasteiger partial charge is 0.251 e. The van der Waals surface area contributed by atoms with Crippen LogP contribution < -0.4 is 5.32 Å². The van der Waals surface area contributed by atoms with Gasteiger partial charge in [0.05, 0.1) is 0 Å². The Hall–Kier alpha value is -1.13. The maximum absolute atomic E-state index is 12.5. The van der Waals surface area contributed by atoms with Gasteiger partial charge in [-0.25, -0.2) is 4.98 Å². The van der Waals surface area contributed by atoms with E-state index in [1.54, 1.807) is 6.07 Å². The Kier molecular flexibility index (Phi) is 6.62. The molecule has 5 heteroatoms. The Morgan fingerprint density at radius 2 is 1.90 bits per heavy atom. The van der Waals surface area contributed by atoms with Crippen LogP contribution in [0, 0.1) is 5.92 Å². The number of aromatic nitrogens is 1. The minimum absolute atomic E-state index is 0.0956. The van der Waals surface area contributed by atoms with E-state index in [1.807, 2.05) is 34.0 Å². The van der Waals surface area contributed by atoms with Crippen LogP contribution in [0.25, 0.3) is 0 Å². The van der Waals surface area contributed by atoms with E-state index in [0.717, 1.165) is 12.2 Å². The van der Waals surface area contributed by atoms with E-state index >= 15 is 0 Å². The second-order valence-electron chi connectivity index (χ2n) is 6.34. The van der Waals surface area contributed by atoms with Gasteiger partial charge < -0.3 is 10.2 Å². The number of hydrogen-bond acceptors (Lipinski definition) is 3. The lowest BCUT2D eigenvalue weighted by Crippen LogP contribution is -2.45. The third kappa shape index (κ3) is 5.64. The molecule has 118 valence electrons. The quantitative estimate of drug-likeness (QED) is 0.821. The van der Waals surface area contributed by atoms with Crippen LogP contribution in [0.1, 0.15) is 49.7 Å². The second kappa shape index (κ2) is 7.76. The minimum Gasteiger partial charge on any atom is -0.348 e. The van der Waals surface area contributed by atoms with Crippen LogP contribution in [0.2, 0.25) is 5.15 Å². The molecule has 1 atom stereocenters. The average Bonchev–Trinajstić information content (AvgIpc) is 2.36. The zero-order chi connectivity index (χ0) is 16.2. The summed E-state index contributed by atoms with van der Waals surface area (Å²) in [5.74, 6) is 0.498. The molecule has 1 heterocycles. The summed E-state index contributed by atoms with van der Waals surface area (Å²) < 4.78 is 0. The first-order chi connectivity index (χ1) is 9.70. The maximum atomic E-state index is 12.5. The number of pyridine rings is 1. The van der Waals surface area contributed by atoms with Crippen LogP contribution in [0.5, 0.6) is 0 Å². The van der Waals surface area contributed by atoms with Gasteiger partial charge in [0.1, 0.15) is 5.15 Å². The lowest BCUT2D eigenvalue weighted by atomic mass is 10.0. The molecule has 1 aromatic rings. The van der Waals surface area contributed by atoms with Crippen molar-refractivity contribution in [2.24, 2.45) is 5.92 Å². The highest BCUT2D eigenvalue weighted by atomic mass is 35.5. The van der Waals surface area contributed by atoms with Gasteiger partial charge in [0.25, 0.3) is 5.91 Å². The van der Waals surface area contributed by atoms with Gasteiger partial charge in [-0.2, -0.15) is 0 Å². The number of likely N-dealkylation sites (N-methyl/N-ethyl adjacent to an activating group) is 1.